The average molecular weight is 223 g/mol. The third kappa shape index (κ3) is 5.69. The first-order valence-corrected chi connectivity index (χ1v) is 6.10. The fourth-order valence-corrected chi connectivity index (χ4v) is 2.44. The third-order valence-corrected chi connectivity index (χ3v) is 3.59. The summed E-state index contributed by atoms with van der Waals surface area (Å²) in [7, 11) is 7.60. The molecular formula is C8H21NO4Si. The summed E-state index contributed by atoms with van der Waals surface area (Å²) in [5, 5.41) is 8.60. The molecule has 1 aliphatic heterocycles. The maximum atomic E-state index is 8.60. The molecule has 1 saturated heterocycles. The normalized spacial score (nSPS) is 24.9. The second-order valence-electron chi connectivity index (χ2n) is 3.50. The average Bonchev–Trinajstić information content (AvgIpc) is 2.85. The number of aliphatic hydroxyl groups excluding tert-OH is 1. The molecule has 0 amide bonds. The van der Waals surface area contributed by atoms with Crippen LogP contribution in [0.5, 0.6) is 0 Å². The van der Waals surface area contributed by atoms with Crippen molar-refractivity contribution in [3.8, 4) is 0 Å². The number of aliphatic hydroxyl groups is 1. The van der Waals surface area contributed by atoms with Gasteiger partial charge in [-0.15, -0.1) is 0 Å². The molecule has 2 unspecified atom stereocenters. The molecule has 5 nitrogen and oxygen atoms in total. The highest BCUT2D eigenvalue weighted by Crippen LogP contribution is 2.24. The largest absolute Gasteiger partial charge is 0.398 e. The molecule has 0 saturated carbocycles. The molecule has 14 heavy (non-hydrogen) atoms. The van der Waals surface area contributed by atoms with Crippen molar-refractivity contribution in [1.29, 1.82) is 0 Å². The molecule has 0 bridgehead atoms. The monoisotopic (exact) mass is 223 g/mol. The summed E-state index contributed by atoms with van der Waals surface area (Å²) < 4.78 is 15.1. The quantitative estimate of drug-likeness (QED) is 0.488. The maximum absolute atomic E-state index is 8.60. The molecule has 0 aromatic heterocycles. The van der Waals surface area contributed by atoms with E-state index in [0.29, 0.717) is 0 Å². The lowest BCUT2D eigenvalue weighted by Gasteiger charge is -2.05. The van der Waals surface area contributed by atoms with Crippen molar-refractivity contribution in [2.75, 3.05) is 42.0 Å². The Bertz CT molecular complexity index is 141. The zero-order chi connectivity index (χ0) is 11.1. The standard InChI is InChI=1S/C5H12O4Si.C3H9N/c1-7-10(8-2)5-4(3-6)9-5;1-4(2)3/h4-6,10H,3H2,1-2H3;1-3H3. The summed E-state index contributed by atoms with van der Waals surface area (Å²) in [6.07, 6.45) is -0.0310. The van der Waals surface area contributed by atoms with E-state index in [1.807, 2.05) is 26.0 Å². The van der Waals surface area contributed by atoms with Gasteiger partial charge in [0.2, 0.25) is 0 Å². The van der Waals surface area contributed by atoms with Gasteiger partial charge in [0, 0.05) is 14.2 Å². The summed E-state index contributed by atoms with van der Waals surface area (Å²) >= 11 is 0. The summed E-state index contributed by atoms with van der Waals surface area (Å²) in [4.78, 5) is 2.00. The summed E-state index contributed by atoms with van der Waals surface area (Å²) in [5.41, 5.74) is 0.0556. The number of hydrogen-bond acceptors (Lipinski definition) is 5. The Hall–Kier alpha value is 0.0169. The number of nitrogens with zero attached hydrogens (tertiary/aromatic N) is 1. The molecule has 1 aliphatic rings. The van der Waals surface area contributed by atoms with Crippen LogP contribution in [0.3, 0.4) is 0 Å². The lowest BCUT2D eigenvalue weighted by Crippen LogP contribution is -2.28. The van der Waals surface area contributed by atoms with Gasteiger partial charge < -0.3 is 23.6 Å². The third-order valence-electron chi connectivity index (χ3n) is 1.53. The van der Waals surface area contributed by atoms with Crippen LogP contribution in [0.4, 0.5) is 0 Å². The predicted molar refractivity (Wildman–Crippen MR) is 56.5 cm³/mol. The van der Waals surface area contributed by atoms with Crippen molar-refractivity contribution in [1.82, 2.24) is 4.90 Å². The van der Waals surface area contributed by atoms with Gasteiger partial charge in [-0.2, -0.15) is 0 Å². The number of hydrogen-bond donors (Lipinski definition) is 1. The highest BCUT2D eigenvalue weighted by atomic mass is 28.3. The van der Waals surface area contributed by atoms with Crippen LogP contribution in [0.25, 0.3) is 0 Å². The number of ether oxygens (including phenoxy) is 1. The SMILES string of the molecule is CN(C)C.CO[SiH](OC)C1OC1CO. The van der Waals surface area contributed by atoms with E-state index in [2.05, 4.69) is 0 Å². The minimum Gasteiger partial charge on any atom is -0.398 e. The van der Waals surface area contributed by atoms with E-state index in [-0.39, 0.29) is 18.4 Å². The molecule has 86 valence electrons. The van der Waals surface area contributed by atoms with Crippen molar-refractivity contribution in [3.63, 3.8) is 0 Å². The van der Waals surface area contributed by atoms with E-state index < -0.39 is 9.28 Å². The fraction of sp³-hybridized carbons (Fsp3) is 1.00. The van der Waals surface area contributed by atoms with E-state index in [9.17, 15) is 0 Å². The zero-order valence-corrected chi connectivity index (χ0v) is 10.7. The predicted octanol–water partition coefficient (Wildman–Crippen LogP) is -1.02. The van der Waals surface area contributed by atoms with Gasteiger partial charge in [-0.1, -0.05) is 0 Å². The molecule has 1 fully saturated rings. The van der Waals surface area contributed by atoms with Gasteiger partial charge in [-0.05, 0) is 21.1 Å². The van der Waals surface area contributed by atoms with Gasteiger partial charge in [0.05, 0.1) is 6.61 Å². The van der Waals surface area contributed by atoms with Crippen LogP contribution in [0.1, 0.15) is 0 Å². The van der Waals surface area contributed by atoms with Crippen molar-refractivity contribution in [3.05, 3.63) is 0 Å². The van der Waals surface area contributed by atoms with E-state index in [4.69, 9.17) is 18.7 Å². The van der Waals surface area contributed by atoms with Gasteiger partial charge in [0.15, 0.2) is 0 Å². The molecule has 0 spiro atoms. The van der Waals surface area contributed by atoms with Crippen LogP contribution in [0.2, 0.25) is 0 Å². The van der Waals surface area contributed by atoms with E-state index in [1.54, 1.807) is 14.2 Å². The Morgan fingerprint density at radius 1 is 1.29 bits per heavy atom. The number of rotatable bonds is 4. The van der Waals surface area contributed by atoms with Gasteiger partial charge in [-0.25, -0.2) is 0 Å². The topological polar surface area (TPSA) is 54.5 Å². The zero-order valence-electron chi connectivity index (χ0n) is 9.56. The Morgan fingerprint density at radius 3 is 1.93 bits per heavy atom. The molecule has 1 N–H and O–H groups in total. The maximum Gasteiger partial charge on any atom is 0.353 e. The molecule has 1 rings (SSSR count). The van der Waals surface area contributed by atoms with Crippen LogP contribution in [0.15, 0.2) is 0 Å². The molecule has 1 heterocycles. The van der Waals surface area contributed by atoms with Crippen LogP contribution < -0.4 is 0 Å². The van der Waals surface area contributed by atoms with Crippen LogP contribution in [-0.2, 0) is 13.6 Å². The van der Waals surface area contributed by atoms with Crippen LogP contribution in [0, 0.1) is 0 Å². The lowest BCUT2D eigenvalue weighted by molar-refractivity contribution is 0.237. The fourth-order valence-electron chi connectivity index (χ4n) is 0.907. The molecule has 0 aromatic rings. The van der Waals surface area contributed by atoms with Gasteiger partial charge in [-0.3, -0.25) is 0 Å². The Balaban J connectivity index is 0.000000364. The van der Waals surface area contributed by atoms with Gasteiger partial charge in [0.1, 0.15) is 11.8 Å². The van der Waals surface area contributed by atoms with E-state index in [1.165, 1.54) is 0 Å². The van der Waals surface area contributed by atoms with Gasteiger partial charge in [0.25, 0.3) is 0 Å². The van der Waals surface area contributed by atoms with Crippen molar-refractivity contribution in [2.24, 2.45) is 0 Å². The Kier molecular flexibility index (Phi) is 7.34. The van der Waals surface area contributed by atoms with Crippen LogP contribution >= 0.6 is 0 Å². The van der Waals surface area contributed by atoms with Crippen molar-refractivity contribution >= 4 is 9.28 Å². The first kappa shape index (κ1) is 14.0. The summed E-state index contributed by atoms with van der Waals surface area (Å²) in [6, 6.07) is 0. The molecule has 0 radical (unpaired) electrons. The van der Waals surface area contributed by atoms with E-state index >= 15 is 0 Å². The van der Waals surface area contributed by atoms with Crippen molar-refractivity contribution in [2.45, 2.75) is 11.8 Å². The molecule has 2 atom stereocenters. The Labute approximate surface area is 87.4 Å². The highest BCUT2D eigenvalue weighted by molar-refractivity contribution is 6.47. The van der Waals surface area contributed by atoms with Crippen molar-refractivity contribution < 1.29 is 18.7 Å². The Morgan fingerprint density at radius 2 is 1.71 bits per heavy atom. The highest BCUT2D eigenvalue weighted by Gasteiger charge is 2.47. The molecular weight excluding hydrogens is 202 g/mol. The lowest BCUT2D eigenvalue weighted by atomic mass is 10.5. The molecule has 0 aliphatic carbocycles. The second kappa shape index (κ2) is 7.33. The first-order valence-electron chi connectivity index (χ1n) is 4.49. The van der Waals surface area contributed by atoms with E-state index in [0.717, 1.165) is 0 Å². The van der Waals surface area contributed by atoms with Gasteiger partial charge >= 0.3 is 9.28 Å². The van der Waals surface area contributed by atoms with Crippen LogP contribution in [-0.4, -0.2) is 73.1 Å². The minimum atomic E-state index is -1.61. The first-order chi connectivity index (χ1) is 6.56. The molecule has 6 heteroatoms. The smallest absolute Gasteiger partial charge is 0.353 e. The number of epoxide rings is 1. The minimum absolute atomic E-state index is 0.0310. The second-order valence-corrected chi connectivity index (χ2v) is 5.84. The summed E-state index contributed by atoms with van der Waals surface area (Å²) in [6.45, 7) is 0.0703. The summed E-state index contributed by atoms with van der Waals surface area (Å²) in [5.74, 6) is 0. The molecule has 0 aromatic carbocycles.